The number of nitrogens with zero attached hydrogens (tertiary/aromatic N) is 2. The van der Waals surface area contributed by atoms with Gasteiger partial charge in [0.2, 0.25) is 0 Å². The van der Waals surface area contributed by atoms with Crippen LogP contribution >= 0.6 is 0 Å². The third-order valence-corrected chi connectivity index (χ3v) is 3.31. The summed E-state index contributed by atoms with van der Waals surface area (Å²) in [5, 5.41) is 9.67. The van der Waals surface area contributed by atoms with Crippen molar-refractivity contribution in [3.8, 4) is 0 Å². The van der Waals surface area contributed by atoms with E-state index in [2.05, 4.69) is 23.9 Å². The molecule has 1 aliphatic heterocycles. The Bertz CT molecular complexity index is 189. The van der Waals surface area contributed by atoms with E-state index in [4.69, 9.17) is 5.73 Å². The van der Waals surface area contributed by atoms with Gasteiger partial charge in [-0.05, 0) is 52.4 Å². The predicted molar refractivity (Wildman–Crippen MR) is 67.4 cm³/mol. The summed E-state index contributed by atoms with van der Waals surface area (Å²) in [6.45, 7) is 4.83. The van der Waals surface area contributed by atoms with Gasteiger partial charge in [0.25, 0.3) is 0 Å². The molecule has 1 heterocycles. The fourth-order valence-corrected chi connectivity index (χ4v) is 2.58. The smallest absolute Gasteiger partial charge is 0.0679 e. The molecule has 1 rings (SSSR count). The van der Waals surface area contributed by atoms with Crippen LogP contribution in [0.5, 0.6) is 0 Å². The highest BCUT2D eigenvalue weighted by atomic mass is 16.3. The Morgan fingerprint density at radius 3 is 2.94 bits per heavy atom. The molecule has 1 fully saturated rings. The van der Waals surface area contributed by atoms with Gasteiger partial charge in [-0.2, -0.15) is 0 Å². The second-order valence-corrected chi connectivity index (χ2v) is 5.22. The lowest BCUT2D eigenvalue weighted by molar-refractivity contribution is 0.0988. The van der Waals surface area contributed by atoms with Crippen LogP contribution in [0.4, 0.5) is 0 Å². The van der Waals surface area contributed by atoms with Gasteiger partial charge in [-0.25, -0.2) is 0 Å². The predicted octanol–water partition coefficient (Wildman–Crippen LogP) is -0.0303. The zero-order chi connectivity index (χ0) is 12.0. The van der Waals surface area contributed by atoms with Crippen molar-refractivity contribution in [2.45, 2.75) is 25.4 Å². The van der Waals surface area contributed by atoms with Crippen molar-refractivity contribution in [2.75, 3.05) is 46.8 Å². The van der Waals surface area contributed by atoms with Crippen LogP contribution in [0.3, 0.4) is 0 Å². The fraction of sp³-hybridized carbons (Fsp3) is 1.00. The van der Waals surface area contributed by atoms with Crippen LogP contribution in [-0.4, -0.2) is 67.8 Å². The van der Waals surface area contributed by atoms with E-state index in [0.717, 1.165) is 19.0 Å². The first-order valence-corrected chi connectivity index (χ1v) is 6.37. The summed E-state index contributed by atoms with van der Waals surface area (Å²) in [6.07, 6.45) is 3.06. The molecule has 3 N–H and O–H groups in total. The maximum absolute atomic E-state index is 9.67. The molecular weight excluding hydrogens is 202 g/mol. The van der Waals surface area contributed by atoms with Crippen LogP contribution < -0.4 is 5.73 Å². The monoisotopic (exact) mass is 229 g/mol. The quantitative estimate of drug-likeness (QED) is 0.671. The molecule has 1 saturated heterocycles. The van der Waals surface area contributed by atoms with Crippen molar-refractivity contribution >= 4 is 0 Å². The average molecular weight is 229 g/mol. The van der Waals surface area contributed by atoms with E-state index in [1.165, 1.54) is 25.9 Å². The van der Waals surface area contributed by atoms with E-state index in [1.807, 2.05) is 0 Å². The minimum atomic E-state index is -0.267. The Morgan fingerprint density at radius 2 is 2.31 bits per heavy atom. The normalized spacial score (nSPS) is 24.9. The van der Waals surface area contributed by atoms with Gasteiger partial charge in [0, 0.05) is 19.6 Å². The first-order valence-electron chi connectivity index (χ1n) is 6.37. The molecule has 0 aromatic rings. The second kappa shape index (κ2) is 7.22. The summed E-state index contributed by atoms with van der Waals surface area (Å²) in [5.74, 6) is 0.758. The largest absolute Gasteiger partial charge is 0.392 e. The Balaban J connectivity index is 2.19. The molecule has 2 atom stereocenters. The maximum Gasteiger partial charge on any atom is 0.0679 e. The average Bonchev–Trinajstić information content (AvgIpc) is 2.17. The molecule has 0 spiro atoms. The van der Waals surface area contributed by atoms with Crippen molar-refractivity contribution < 1.29 is 5.11 Å². The molecule has 1 aliphatic rings. The molecule has 96 valence electrons. The number of likely N-dealkylation sites (N-methyl/N-ethyl adjacent to an activating group) is 1. The number of likely N-dealkylation sites (tertiary alicyclic amines) is 1. The third kappa shape index (κ3) is 5.25. The number of hydrogen-bond donors (Lipinski definition) is 2. The van der Waals surface area contributed by atoms with Gasteiger partial charge in [0.1, 0.15) is 0 Å². The molecule has 4 heteroatoms. The van der Waals surface area contributed by atoms with E-state index in [-0.39, 0.29) is 6.10 Å². The van der Waals surface area contributed by atoms with Crippen LogP contribution in [0.15, 0.2) is 0 Å². The van der Waals surface area contributed by atoms with E-state index in [9.17, 15) is 5.11 Å². The minimum Gasteiger partial charge on any atom is -0.392 e. The van der Waals surface area contributed by atoms with Crippen LogP contribution in [0.25, 0.3) is 0 Å². The summed E-state index contributed by atoms with van der Waals surface area (Å²) in [4.78, 5) is 4.64. The highest BCUT2D eigenvalue weighted by Crippen LogP contribution is 2.15. The third-order valence-electron chi connectivity index (χ3n) is 3.31. The number of nitrogens with two attached hydrogens (primary N) is 1. The Hall–Kier alpha value is -0.160. The van der Waals surface area contributed by atoms with Crippen LogP contribution in [0.2, 0.25) is 0 Å². The van der Waals surface area contributed by atoms with Crippen LogP contribution in [-0.2, 0) is 0 Å². The molecular formula is C12H27N3O. The number of aliphatic hydroxyl groups excluding tert-OH is 1. The number of piperidine rings is 1. The van der Waals surface area contributed by atoms with Gasteiger partial charge in [-0.1, -0.05) is 0 Å². The fourth-order valence-electron chi connectivity index (χ4n) is 2.58. The van der Waals surface area contributed by atoms with Crippen molar-refractivity contribution in [1.82, 2.24) is 9.80 Å². The zero-order valence-corrected chi connectivity index (χ0v) is 10.7. The molecule has 0 amide bonds. The van der Waals surface area contributed by atoms with Gasteiger partial charge in [-0.3, -0.25) is 0 Å². The standard InChI is InChI=1S/C12H27N3O/c1-14-7-3-4-11(8-14)9-15(2)10-12(16)5-6-13/h11-12,16H,3-10,13H2,1-2H3. The Morgan fingerprint density at radius 1 is 1.56 bits per heavy atom. The van der Waals surface area contributed by atoms with Crippen LogP contribution in [0.1, 0.15) is 19.3 Å². The molecule has 0 aromatic heterocycles. The molecule has 16 heavy (non-hydrogen) atoms. The summed E-state index contributed by atoms with van der Waals surface area (Å²) in [6, 6.07) is 0. The minimum absolute atomic E-state index is 0.267. The van der Waals surface area contributed by atoms with Crippen molar-refractivity contribution in [3.63, 3.8) is 0 Å². The highest BCUT2D eigenvalue weighted by molar-refractivity contribution is 4.74. The lowest BCUT2D eigenvalue weighted by Crippen LogP contribution is -2.40. The summed E-state index contributed by atoms with van der Waals surface area (Å²) in [7, 11) is 4.28. The number of aliphatic hydroxyl groups is 1. The molecule has 0 radical (unpaired) electrons. The molecule has 0 aliphatic carbocycles. The SMILES string of the molecule is CN1CCCC(CN(C)CC(O)CCN)C1. The summed E-state index contributed by atoms with van der Waals surface area (Å²) >= 11 is 0. The van der Waals surface area contributed by atoms with Crippen molar-refractivity contribution in [1.29, 1.82) is 0 Å². The van der Waals surface area contributed by atoms with E-state index >= 15 is 0 Å². The van der Waals surface area contributed by atoms with Gasteiger partial charge < -0.3 is 20.6 Å². The maximum atomic E-state index is 9.67. The summed E-state index contributed by atoms with van der Waals surface area (Å²) < 4.78 is 0. The molecule has 4 nitrogen and oxygen atoms in total. The molecule has 0 aromatic carbocycles. The lowest BCUT2D eigenvalue weighted by atomic mass is 9.98. The second-order valence-electron chi connectivity index (χ2n) is 5.22. The first-order chi connectivity index (χ1) is 7.61. The van der Waals surface area contributed by atoms with Gasteiger partial charge in [-0.15, -0.1) is 0 Å². The van der Waals surface area contributed by atoms with Crippen LogP contribution in [0, 0.1) is 5.92 Å². The van der Waals surface area contributed by atoms with Gasteiger partial charge in [0.05, 0.1) is 6.10 Å². The summed E-state index contributed by atoms with van der Waals surface area (Å²) in [5.41, 5.74) is 5.42. The van der Waals surface area contributed by atoms with Gasteiger partial charge >= 0.3 is 0 Å². The van der Waals surface area contributed by atoms with Gasteiger partial charge in [0.15, 0.2) is 0 Å². The Kier molecular flexibility index (Phi) is 6.28. The Labute approximate surface area is 99.4 Å². The zero-order valence-electron chi connectivity index (χ0n) is 10.7. The number of rotatable bonds is 6. The molecule has 0 saturated carbocycles. The highest BCUT2D eigenvalue weighted by Gasteiger charge is 2.19. The lowest BCUT2D eigenvalue weighted by Gasteiger charge is -2.32. The first kappa shape index (κ1) is 13.9. The molecule has 0 bridgehead atoms. The van der Waals surface area contributed by atoms with Crippen molar-refractivity contribution in [2.24, 2.45) is 11.7 Å². The van der Waals surface area contributed by atoms with E-state index in [0.29, 0.717) is 13.0 Å². The molecule has 2 unspecified atom stereocenters. The van der Waals surface area contributed by atoms with E-state index in [1.54, 1.807) is 0 Å². The number of hydrogen-bond acceptors (Lipinski definition) is 4. The van der Waals surface area contributed by atoms with Crippen molar-refractivity contribution in [3.05, 3.63) is 0 Å². The topological polar surface area (TPSA) is 52.7 Å². The van der Waals surface area contributed by atoms with E-state index < -0.39 is 0 Å².